The number of carboxylic acids is 1. The van der Waals surface area contributed by atoms with Gasteiger partial charge in [0, 0.05) is 28.5 Å². The first-order valence-electron chi connectivity index (χ1n) is 14.3. The molecule has 1 amide bonds. The summed E-state index contributed by atoms with van der Waals surface area (Å²) in [7, 11) is 0. The number of nitrogens with zero attached hydrogens (tertiary/aromatic N) is 1. The Morgan fingerprint density at radius 1 is 0.867 bits per heavy atom. The summed E-state index contributed by atoms with van der Waals surface area (Å²) in [4.78, 5) is 40.2. The summed E-state index contributed by atoms with van der Waals surface area (Å²) in [5.41, 5.74) is 2.20. The number of rotatable bonds is 4. The van der Waals surface area contributed by atoms with E-state index in [4.69, 9.17) is 4.74 Å². The van der Waals surface area contributed by atoms with Crippen LogP contribution in [-0.4, -0.2) is 21.6 Å². The number of hydrogen-bond donors (Lipinski definition) is 2. The molecule has 6 rings (SSSR count). The number of fused-ring (bicyclic) bond motifs is 6. The number of halogens is 2. The average Bonchev–Trinajstić information content (AvgIpc) is 3.01. The highest BCUT2D eigenvalue weighted by Crippen LogP contribution is 2.40. The molecule has 2 N–H and O–H groups in total. The molecule has 226 valence electrons. The van der Waals surface area contributed by atoms with Crippen molar-refractivity contribution in [3.63, 3.8) is 0 Å². The number of pyridine rings is 1. The van der Waals surface area contributed by atoms with E-state index in [-0.39, 0.29) is 28.0 Å². The summed E-state index contributed by atoms with van der Waals surface area (Å²) >= 11 is 0. The lowest BCUT2D eigenvalue weighted by molar-refractivity contribution is -0.137. The number of carbonyl (C=O) groups is 2. The number of benzene rings is 4. The Balaban J connectivity index is 1.63. The number of aliphatic carboxylic acids is 1. The van der Waals surface area contributed by atoms with Crippen LogP contribution in [0.2, 0.25) is 0 Å². The number of aromatic nitrogens is 1. The third-order valence-electron chi connectivity index (χ3n) is 7.95. The predicted octanol–water partition coefficient (Wildman–Crippen LogP) is 7.10. The van der Waals surface area contributed by atoms with Crippen LogP contribution in [0.25, 0.3) is 22.3 Å². The topological polar surface area (TPSA) is 97.6 Å². The van der Waals surface area contributed by atoms with Gasteiger partial charge in [-0.3, -0.25) is 19.0 Å². The molecule has 1 aliphatic rings. The summed E-state index contributed by atoms with van der Waals surface area (Å²) in [5, 5.41) is 12.5. The number of ether oxygens (including phenoxy) is 1. The number of nitrogens with one attached hydrogen (secondary N) is 1. The van der Waals surface area contributed by atoms with Gasteiger partial charge in [-0.2, -0.15) is 0 Å². The zero-order chi connectivity index (χ0) is 31.8. The molecule has 0 aliphatic carbocycles. The Morgan fingerprint density at radius 2 is 1.64 bits per heavy atom. The molecule has 7 nitrogen and oxygen atoms in total. The van der Waals surface area contributed by atoms with Gasteiger partial charge in [-0.25, -0.2) is 8.78 Å². The molecule has 4 aromatic carbocycles. The second-order valence-corrected chi connectivity index (χ2v) is 11.0. The van der Waals surface area contributed by atoms with E-state index >= 15 is 8.78 Å². The van der Waals surface area contributed by atoms with E-state index in [1.54, 1.807) is 67.6 Å². The SMILES string of the molecule is Cc1cc2cc(c1F)[C@H](CC(=O)O)NC(=O)[C@@H](n1cccc(-c3ccccc3)c1=O)c1cc(ccc1F)Oc1cccc(C)c1-2. The summed E-state index contributed by atoms with van der Waals surface area (Å²) in [6, 6.07) is 21.4. The summed E-state index contributed by atoms with van der Waals surface area (Å²) < 4.78 is 38.9. The van der Waals surface area contributed by atoms with Crippen molar-refractivity contribution in [1.82, 2.24) is 9.88 Å². The first kappa shape index (κ1) is 29.5. The van der Waals surface area contributed by atoms with E-state index in [2.05, 4.69) is 5.32 Å². The van der Waals surface area contributed by atoms with Gasteiger partial charge in [0.05, 0.1) is 12.5 Å². The number of carbonyl (C=O) groups excluding carboxylic acids is 1. The zero-order valence-electron chi connectivity index (χ0n) is 24.4. The van der Waals surface area contributed by atoms with Crippen LogP contribution < -0.4 is 15.6 Å². The summed E-state index contributed by atoms with van der Waals surface area (Å²) in [6.45, 7) is 3.40. The van der Waals surface area contributed by atoms with E-state index in [0.717, 1.165) is 16.2 Å². The maximum atomic E-state index is 15.8. The molecule has 0 radical (unpaired) electrons. The number of aryl methyl sites for hydroxylation is 2. The van der Waals surface area contributed by atoms with E-state index < -0.39 is 47.6 Å². The Hall–Kier alpha value is -5.57. The molecule has 0 spiro atoms. The minimum Gasteiger partial charge on any atom is -0.481 e. The van der Waals surface area contributed by atoms with E-state index in [1.807, 2.05) is 13.0 Å². The van der Waals surface area contributed by atoms with Crippen LogP contribution in [-0.2, 0) is 9.59 Å². The highest BCUT2D eigenvalue weighted by Gasteiger charge is 2.32. The third-order valence-corrected chi connectivity index (χ3v) is 7.95. The molecule has 9 heteroatoms. The van der Waals surface area contributed by atoms with E-state index in [9.17, 15) is 19.5 Å². The first-order valence-corrected chi connectivity index (χ1v) is 14.3. The van der Waals surface area contributed by atoms with Gasteiger partial charge < -0.3 is 15.2 Å². The molecule has 45 heavy (non-hydrogen) atoms. The lowest BCUT2D eigenvalue weighted by atomic mass is 9.92. The summed E-state index contributed by atoms with van der Waals surface area (Å²) in [5.74, 6) is -3.10. The third kappa shape index (κ3) is 5.60. The standard InChI is InChI=1S/C36H28F2N2O5/c1-20-8-6-12-30-32(20)23-16-21(2)33(38)27(17-23)29(19-31(41)42)39-35(43)34(26-18-24(45-30)13-14-28(26)37)40-15-7-11-25(36(40)44)22-9-4-3-5-10-22/h3-18,29,34H,19H2,1-2H3,(H,39,43)(H,41,42)/t29-,34-/m0/s1. The number of carboxylic acid groups (broad SMARTS) is 1. The molecule has 2 atom stereocenters. The monoisotopic (exact) mass is 606 g/mol. The first-order chi connectivity index (χ1) is 21.6. The molecule has 0 saturated carbocycles. The second kappa shape index (κ2) is 11.8. The van der Waals surface area contributed by atoms with Crippen molar-refractivity contribution in [3.05, 3.63) is 141 Å². The van der Waals surface area contributed by atoms with Crippen LogP contribution in [0.4, 0.5) is 8.78 Å². The minimum atomic E-state index is -1.61. The molecule has 5 aromatic rings. The Kier molecular flexibility index (Phi) is 7.76. The van der Waals surface area contributed by atoms with Gasteiger partial charge in [0.25, 0.3) is 5.56 Å². The quantitative estimate of drug-likeness (QED) is 0.227. The van der Waals surface area contributed by atoms with Gasteiger partial charge in [0.15, 0.2) is 0 Å². The van der Waals surface area contributed by atoms with Crippen molar-refractivity contribution >= 4 is 11.9 Å². The highest BCUT2D eigenvalue weighted by molar-refractivity contribution is 5.85. The zero-order valence-corrected chi connectivity index (χ0v) is 24.4. The van der Waals surface area contributed by atoms with Crippen LogP contribution in [0.15, 0.2) is 102 Å². The second-order valence-electron chi connectivity index (χ2n) is 11.0. The minimum absolute atomic E-state index is 0.0643. The normalized spacial score (nSPS) is 15.9. The predicted molar refractivity (Wildman–Crippen MR) is 165 cm³/mol. The summed E-state index contributed by atoms with van der Waals surface area (Å²) in [6.07, 6.45) is 0.692. The van der Waals surface area contributed by atoms with Gasteiger partial charge in [0.1, 0.15) is 29.2 Å². The molecule has 0 unspecified atom stereocenters. The molecule has 1 aliphatic heterocycles. The molecular formula is C36H28F2N2O5. The molecule has 4 bridgehead atoms. The van der Waals surface area contributed by atoms with Gasteiger partial charge in [0.2, 0.25) is 5.91 Å². The van der Waals surface area contributed by atoms with E-state index in [1.165, 1.54) is 24.4 Å². The van der Waals surface area contributed by atoms with Crippen molar-refractivity contribution in [2.75, 3.05) is 0 Å². The smallest absolute Gasteiger partial charge is 0.305 e. The fourth-order valence-corrected chi connectivity index (χ4v) is 5.84. The number of hydrogen-bond acceptors (Lipinski definition) is 4. The Labute approximate surface area is 257 Å². The van der Waals surface area contributed by atoms with Crippen LogP contribution in [0.1, 0.15) is 40.8 Å². The van der Waals surface area contributed by atoms with Gasteiger partial charge in [-0.1, -0.05) is 42.5 Å². The van der Waals surface area contributed by atoms with Gasteiger partial charge in [-0.15, -0.1) is 0 Å². The van der Waals surface area contributed by atoms with Crippen molar-refractivity contribution in [2.24, 2.45) is 0 Å². The lowest BCUT2D eigenvalue weighted by Gasteiger charge is -2.25. The molecule has 2 heterocycles. The van der Waals surface area contributed by atoms with Crippen molar-refractivity contribution in [3.8, 4) is 33.8 Å². The lowest BCUT2D eigenvalue weighted by Crippen LogP contribution is -2.41. The Bertz CT molecular complexity index is 2020. The maximum Gasteiger partial charge on any atom is 0.305 e. The van der Waals surface area contributed by atoms with Crippen LogP contribution in [0.3, 0.4) is 0 Å². The van der Waals surface area contributed by atoms with E-state index in [0.29, 0.717) is 22.4 Å². The fraction of sp³-hybridized carbons (Fsp3) is 0.139. The highest BCUT2D eigenvalue weighted by atomic mass is 19.1. The van der Waals surface area contributed by atoms with Crippen molar-refractivity contribution < 1.29 is 28.2 Å². The Morgan fingerprint density at radius 3 is 2.40 bits per heavy atom. The van der Waals surface area contributed by atoms with Crippen LogP contribution in [0.5, 0.6) is 11.5 Å². The molecule has 0 saturated heterocycles. The fourth-order valence-electron chi connectivity index (χ4n) is 5.84. The van der Waals surface area contributed by atoms with Crippen molar-refractivity contribution in [2.45, 2.75) is 32.4 Å². The maximum absolute atomic E-state index is 15.8. The number of amides is 1. The molecular weight excluding hydrogens is 578 g/mol. The molecule has 1 aromatic heterocycles. The van der Waals surface area contributed by atoms with Crippen LogP contribution in [0, 0.1) is 25.5 Å². The van der Waals surface area contributed by atoms with Gasteiger partial charge >= 0.3 is 5.97 Å². The van der Waals surface area contributed by atoms with Crippen molar-refractivity contribution in [1.29, 1.82) is 0 Å². The molecule has 0 fully saturated rings. The largest absolute Gasteiger partial charge is 0.481 e. The van der Waals surface area contributed by atoms with Gasteiger partial charge in [-0.05, 0) is 84.6 Å². The van der Waals surface area contributed by atoms with Crippen LogP contribution >= 0.6 is 0 Å². The average molecular weight is 607 g/mol.